The summed E-state index contributed by atoms with van der Waals surface area (Å²) >= 11 is 0. The van der Waals surface area contributed by atoms with Crippen molar-refractivity contribution in [1.29, 1.82) is 5.26 Å². The highest BCUT2D eigenvalue weighted by Crippen LogP contribution is 2.47. The summed E-state index contributed by atoms with van der Waals surface area (Å²) in [4.78, 5) is 15.9. The second kappa shape index (κ2) is 23.8. The summed E-state index contributed by atoms with van der Waals surface area (Å²) in [6.45, 7) is 17.5. The maximum Gasteiger partial charge on any atom is 0.164 e. The minimum absolute atomic E-state index is 0.550. The number of fused-ring (bicyclic) bond motifs is 6. The molecule has 0 atom stereocenters. The van der Waals surface area contributed by atoms with E-state index < -0.39 is 0 Å². The largest absolute Gasteiger partial charge is 0.309 e. The summed E-state index contributed by atoms with van der Waals surface area (Å²) in [5.74, 6) is 1.72. The second-order valence-corrected chi connectivity index (χ2v) is 26.1. The maximum atomic E-state index is 10.1. The third-order valence-corrected chi connectivity index (χ3v) is 19.4. The lowest BCUT2D eigenvalue weighted by molar-refractivity contribution is 1.07. The van der Waals surface area contributed by atoms with Crippen LogP contribution in [-0.4, -0.2) is 24.1 Å². The molecule has 0 fully saturated rings. The van der Waals surface area contributed by atoms with Gasteiger partial charge in [0.2, 0.25) is 0 Å². The van der Waals surface area contributed by atoms with E-state index in [1.54, 1.807) is 0 Å². The van der Waals surface area contributed by atoms with Gasteiger partial charge in [-0.15, -0.1) is 0 Å². The fourth-order valence-corrected chi connectivity index (χ4v) is 14.7. The van der Waals surface area contributed by atoms with Crippen LogP contribution in [0.1, 0.15) is 50.1 Å². The van der Waals surface area contributed by atoms with Gasteiger partial charge in [-0.3, -0.25) is 0 Å². The Hall–Kier alpha value is -12.0. The third kappa shape index (κ3) is 10.5. The monoisotopic (exact) mass is 1230 g/mol. The van der Waals surface area contributed by atoms with Crippen molar-refractivity contribution in [3.63, 3.8) is 0 Å². The molecule has 0 N–H and O–H groups in total. The molecule has 96 heavy (non-hydrogen) atoms. The van der Waals surface area contributed by atoms with E-state index in [1.807, 2.05) is 48.5 Å². The van der Waals surface area contributed by atoms with Gasteiger partial charge in [0.05, 0.1) is 45.1 Å². The first-order chi connectivity index (χ1) is 46.8. The predicted octanol–water partition coefficient (Wildman–Crippen LogP) is 23.4. The van der Waals surface area contributed by atoms with E-state index in [2.05, 4.69) is 289 Å². The standard InChI is InChI=1S/C90H68N6/c1-54-19-33-72(58(5)43-54)67-28-38-83-77(48-67)78-49-68(73-34-20-55(2)44-59(73)6)29-39-84(78)95(83)82-37-27-66(63-25-23-62(53-91)24-26-63)47-76(82)81-52-71(90-93-88(64-15-11-9-12-16-64)92-89(94-90)65-17-13-10-14-18-65)32-42-87(81)96-85-40-30-69(74-35-21-56(3)45-60(74)7)50-79(85)80-51-70(31-41-86(80)96)75-36-22-57(4)46-61(75)8/h9-52H,1-8H3. The van der Waals surface area contributed by atoms with Gasteiger partial charge >= 0.3 is 0 Å². The van der Waals surface area contributed by atoms with Crippen LogP contribution in [0.15, 0.2) is 267 Å². The normalized spacial score (nSPS) is 11.5. The number of nitriles is 1. The molecule has 3 aromatic heterocycles. The summed E-state index contributed by atoms with van der Waals surface area (Å²) in [6, 6.07) is 99.5. The topological polar surface area (TPSA) is 72.3 Å². The Kier molecular flexibility index (Phi) is 14.6. The molecular weight excluding hydrogens is 1170 g/mol. The van der Waals surface area contributed by atoms with Crippen molar-refractivity contribution < 1.29 is 0 Å². The Balaban J connectivity index is 1.03. The van der Waals surface area contributed by atoms with Crippen LogP contribution in [-0.2, 0) is 0 Å². The molecule has 6 heteroatoms. The number of rotatable bonds is 11. The van der Waals surface area contributed by atoms with E-state index in [1.165, 1.54) is 66.8 Å². The Labute approximate surface area is 560 Å². The number of hydrogen-bond donors (Lipinski definition) is 0. The van der Waals surface area contributed by atoms with Crippen molar-refractivity contribution in [1.82, 2.24) is 24.1 Å². The van der Waals surface area contributed by atoms with Gasteiger partial charge in [0.15, 0.2) is 17.5 Å². The van der Waals surface area contributed by atoms with Gasteiger partial charge in [-0.25, -0.2) is 15.0 Å². The first-order valence-electron chi connectivity index (χ1n) is 32.9. The molecule has 0 aliphatic rings. The van der Waals surface area contributed by atoms with E-state index in [0.717, 1.165) is 116 Å². The number of hydrogen-bond acceptors (Lipinski definition) is 4. The van der Waals surface area contributed by atoms with Gasteiger partial charge in [-0.2, -0.15) is 5.26 Å². The molecule has 0 unspecified atom stereocenters. The number of nitrogens with zero attached hydrogens (tertiary/aromatic N) is 6. The molecule has 0 saturated carbocycles. The number of aryl methyl sites for hydroxylation is 8. The highest BCUT2D eigenvalue weighted by atomic mass is 15.0. The maximum absolute atomic E-state index is 10.1. The molecule has 0 bridgehead atoms. The van der Waals surface area contributed by atoms with Crippen molar-refractivity contribution in [3.05, 3.63) is 317 Å². The molecule has 16 aromatic rings. The van der Waals surface area contributed by atoms with Crippen molar-refractivity contribution in [2.24, 2.45) is 0 Å². The van der Waals surface area contributed by atoms with Crippen molar-refractivity contribution >= 4 is 43.6 Å². The summed E-state index contributed by atoms with van der Waals surface area (Å²) < 4.78 is 4.97. The number of benzene rings is 13. The van der Waals surface area contributed by atoms with Crippen molar-refractivity contribution in [3.8, 4) is 118 Å². The quantitative estimate of drug-likeness (QED) is 0.129. The summed E-state index contributed by atoms with van der Waals surface area (Å²) in [5.41, 5.74) is 32.8. The molecule has 6 nitrogen and oxygen atoms in total. The van der Waals surface area contributed by atoms with E-state index in [-0.39, 0.29) is 0 Å². The lowest BCUT2D eigenvalue weighted by Crippen LogP contribution is -2.04. The minimum atomic E-state index is 0.550. The van der Waals surface area contributed by atoms with Gasteiger partial charge in [0.25, 0.3) is 0 Å². The van der Waals surface area contributed by atoms with Crippen LogP contribution >= 0.6 is 0 Å². The average molecular weight is 1230 g/mol. The van der Waals surface area contributed by atoms with Gasteiger partial charge in [-0.05, 0) is 224 Å². The van der Waals surface area contributed by atoms with Crippen LogP contribution in [0.3, 0.4) is 0 Å². The fraction of sp³-hybridized carbons (Fsp3) is 0.0889. The van der Waals surface area contributed by atoms with E-state index in [4.69, 9.17) is 15.0 Å². The second-order valence-electron chi connectivity index (χ2n) is 26.1. The Morgan fingerprint density at radius 1 is 0.250 bits per heavy atom. The highest BCUT2D eigenvalue weighted by Gasteiger charge is 2.25. The fourth-order valence-electron chi connectivity index (χ4n) is 14.7. The average Bonchev–Trinajstić information content (AvgIpc) is 1.55. The molecule has 13 aromatic carbocycles. The minimum Gasteiger partial charge on any atom is -0.309 e. The first kappa shape index (κ1) is 59.0. The lowest BCUT2D eigenvalue weighted by Gasteiger charge is -2.21. The summed E-state index contributed by atoms with van der Waals surface area (Å²) in [6.07, 6.45) is 0. The third-order valence-electron chi connectivity index (χ3n) is 19.4. The van der Waals surface area contributed by atoms with Crippen LogP contribution < -0.4 is 0 Å². The molecule has 458 valence electrons. The molecular formula is C90H68N6. The Morgan fingerprint density at radius 3 is 0.885 bits per heavy atom. The van der Waals surface area contributed by atoms with Gasteiger partial charge in [0, 0.05) is 49.4 Å². The predicted molar refractivity (Wildman–Crippen MR) is 400 cm³/mol. The summed E-state index contributed by atoms with van der Waals surface area (Å²) in [7, 11) is 0. The Bertz CT molecular complexity index is 5590. The van der Waals surface area contributed by atoms with Crippen LogP contribution in [0.25, 0.3) is 156 Å². The summed E-state index contributed by atoms with van der Waals surface area (Å²) in [5, 5.41) is 14.7. The molecule has 0 radical (unpaired) electrons. The van der Waals surface area contributed by atoms with E-state index in [9.17, 15) is 5.26 Å². The van der Waals surface area contributed by atoms with Crippen LogP contribution in [0, 0.1) is 66.7 Å². The first-order valence-corrected chi connectivity index (χ1v) is 32.9. The van der Waals surface area contributed by atoms with E-state index in [0.29, 0.717) is 23.0 Å². The van der Waals surface area contributed by atoms with Gasteiger partial charge in [0.1, 0.15) is 0 Å². The lowest BCUT2D eigenvalue weighted by atomic mass is 9.94. The smallest absolute Gasteiger partial charge is 0.164 e. The van der Waals surface area contributed by atoms with Gasteiger partial charge in [-0.1, -0.05) is 198 Å². The van der Waals surface area contributed by atoms with Crippen LogP contribution in [0.2, 0.25) is 0 Å². The molecule has 0 saturated heterocycles. The van der Waals surface area contributed by atoms with Crippen molar-refractivity contribution in [2.75, 3.05) is 0 Å². The highest BCUT2D eigenvalue weighted by molar-refractivity contribution is 6.14. The van der Waals surface area contributed by atoms with Crippen LogP contribution in [0.4, 0.5) is 0 Å². The van der Waals surface area contributed by atoms with Crippen LogP contribution in [0.5, 0.6) is 0 Å². The van der Waals surface area contributed by atoms with Gasteiger partial charge < -0.3 is 9.13 Å². The molecule has 0 aliphatic carbocycles. The molecule has 0 aliphatic heterocycles. The van der Waals surface area contributed by atoms with E-state index >= 15 is 0 Å². The van der Waals surface area contributed by atoms with Crippen molar-refractivity contribution in [2.45, 2.75) is 55.4 Å². The molecule has 0 amide bonds. The molecule has 3 heterocycles. The zero-order chi connectivity index (χ0) is 65.5. The zero-order valence-electron chi connectivity index (χ0n) is 55.1. The molecule has 0 spiro atoms. The SMILES string of the molecule is Cc1ccc(-c2ccc3c(c2)c2cc(-c4ccc(C)cc4C)ccc2n3-c2ccc(-c3ccc(C#N)cc3)cc2-c2cc(-c3nc(-c4ccccc4)nc(-c4ccccc4)n3)ccc2-n2c3ccc(-c4ccc(C)cc4C)cc3c3cc(-c4ccc(C)cc4C)ccc32)c(C)c1. The number of aromatic nitrogens is 5. The zero-order valence-corrected chi connectivity index (χ0v) is 55.1. The molecule has 16 rings (SSSR count). The Morgan fingerprint density at radius 2 is 0.552 bits per heavy atom.